The fraction of sp³-hybridized carbons (Fsp3) is 0.441. The number of carbonyl (C=O) groups excluding carboxylic acids is 1. The third-order valence-corrected chi connectivity index (χ3v) is 8.22. The second-order valence-electron chi connectivity index (χ2n) is 11.1. The first-order valence-corrected chi connectivity index (χ1v) is 14.9. The molecule has 228 valence electrons. The highest BCUT2D eigenvalue weighted by molar-refractivity contribution is 5.85. The van der Waals surface area contributed by atoms with Crippen molar-refractivity contribution in [3.63, 3.8) is 0 Å². The van der Waals surface area contributed by atoms with Crippen LogP contribution in [0.4, 0.5) is 8.78 Å². The van der Waals surface area contributed by atoms with Crippen LogP contribution < -0.4 is 5.32 Å². The van der Waals surface area contributed by atoms with Crippen molar-refractivity contribution in [2.45, 2.75) is 44.2 Å². The summed E-state index contributed by atoms with van der Waals surface area (Å²) in [4.78, 5) is 19.4. The van der Waals surface area contributed by atoms with Gasteiger partial charge in [-0.2, -0.15) is 0 Å². The summed E-state index contributed by atoms with van der Waals surface area (Å²) in [6.07, 6.45) is 5.02. The van der Waals surface area contributed by atoms with Gasteiger partial charge in [-0.25, -0.2) is 8.78 Å². The molecule has 2 aliphatic heterocycles. The summed E-state index contributed by atoms with van der Waals surface area (Å²) in [5.74, 6) is -1.49. The molecule has 2 atom stereocenters. The molecule has 5 rings (SSSR count). The maximum Gasteiger partial charge on any atom is 0.227 e. The van der Waals surface area contributed by atoms with E-state index in [0.29, 0.717) is 6.04 Å². The lowest BCUT2D eigenvalue weighted by Gasteiger charge is -2.32. The third-order valence-electron chi connectivity index (χ3n) is 8.22. The number of likely N-dealkylation sites (N-methyl/N-ethyl adjacent to an activating group) is 2. The highest BCUT2D eigenvalue weighted by atomic mass is 35.5. The van der Waals surface area contributed by atoms with Crippen LogP contribution in [0, 0.1) is 11.6 Å². The minimum Gasteiger partial charge on any atom is -0.337 e. The lowest BCUT2D eigenvalue weighted by atomic mass is 10.0. The van der Waals surface area contributed by atoms with Gasteiger partial charge in [0.25, 0.3) is 0 Å². The molecule has 2 saturated heterocycles. The quantitative estimate of drug-likeness (QED) is 0.299. The van der Waals surface area contributed by atoms with Crippen LogP contribution in [0.25, 0.3) is 0 Å². The van der Waals surface area contributed by atoms with Gasteiger partial charge in [-0.15, -0.1) is 12.4 Å². The van der Waals surface area contributed by atoms with Crippen molar-refractivity contribution in [3.8, 4) is 0 Å². The molecule has 0 radical (unpaired) electrons. The van der Waals surface area contributed by atoms with E-state index >= 15 is 0 Å². The zero-order chi connectivity index (χ0) is 29.0. The van der Waals surface area contributed by atoms with E-state index in [1.54, 1.807) is 11.9 Å². The number of rotatable bonds is 10. The minimum absolute atomic E-state index is 0. The van der Waals surface area contributed by atoms with E-state index in [4.69, 9.17) is 0 Å². The van der Waals surface area contributed by atoms with Gasteiger partial charge in [-0.05, 0) is 81.7 Å². The Morgan fingerprint density at radius 2 is 1.33 bits per heavy atom. The predicted molar refractivity (Wildman–Crippen MR) is 169 cm³/mol. The molecule has 3 aromatic carbocycles. The summed E-state index contributed by atoms with van der Waals surface area (Å²) in [5, 5.41) is 3.40. The van der Waals surface area contributed by atoms with Gasteiger partial charge in [-0.1, -0.05) is 66.7 Å². The van der Waals surface area contributed by atoms with Gasteiger partial charge in [0.15, 0.2) is 0 Å². The number of carbonyl (C=O) groups is 1. The number of nitrogens with one attached hydrogen (secondary N) is 1. The van der Waals surface area contributed by atoms with E-state index in [2.05, 4.69) is 45.4 Å². The van der Waals surface area contributed by atoms with Gasteiger partial charge in [0.05, 0.1) is 12.5 Å². The number of benzene rings is 3. The van der Waals surface area contributed by atoms with E-state index < -0.39 is 11.6 Å². The Bertz CT molecular complexity index is 1200. The molecule has 0 aromatic heterocycles. The third kappa shape index (κ3) is 9.87. The maximum absolute atomic E-state index is 13.9. The van der Waals surface area contributed by atoms with Crippen LogP contribution in [0.3, 0.4) is 0 Å². The summed E-state index contributed by atoms with van der Waals surface area (Å²) in [6.45, 7) is 6.52. The van der Waals surface area contributed by atoms with Crippen molar-refractivity contribution in [2.24, 2.45) is 0 Å². The largest absolute Gasteiger partial charge is 0.337 e. The van der Waals surface area contributed by atoms with Crippen LogP contribution >= 0.6 is 12.4 Å². The molecule has 5 nitrogen and oxygen atoms in total. The minimum atomic E-state index is -0.678. The van der Waals surface area contributed by atoms with Crippen molar-refractivity contribution >= 4 is 18.3 Å². The summed E-state index contributed by atoms with van der Waals surface area (Å²) in [7, 11) is 3.81. The van der Waals surface area contributed by atoms with Crippen molar-refractivity contribution in [1.29, 1.82) is 0 Å². The average Bonchev–Trinajstić information content (AvgIpc) is 3.72. The molecule has 0 saturated carbocycles. The number of nitrogens with zero attached hydrogens (tertiary/aromatic N) is 3. The fourth-order valence-corrected chi connectivity index (χ4v) is 5.74. The Hall–Kier alpha value is -2.84. The molecule has 3 aromatic rings. The Balaban J connectivity index is 0.000000258. The van der Waals surface area contributed by atoms with Crippen LogP contribution in [0.2, 0.25) is 0 Å². The SMILES string of the molecule is CN(C(=O)Cc1ccc(F)cc1F)[C@H](CN1CCCC1)c1ccccc1.CN[C@H](CN1CCCC1)c1ccccc1.Cl. The van der Waals surface area contributed by atoms with Crippen molar-refractivity contribution in [1.82, 2.24) is 20.0 Å². The standard InChI is InChI=1S/C21H24F2N2O.C13H20N2.ClH/c1-24(21(26)13-17-9-10-18(22)14-19(17)23)20(15-25-11-5-6-12-25)16-7-3-2-4-8-16;1-14-13(11-15-9-5-6-10-15)12-7-3-2-4-8-12;/h2-4,7-10,14,20H,5-6,11-13,15H2,1H3;2-4,7-8,13-14H,5-6,9-11H2,1H3;1H/t20-;13-;/m11./s1. The van der Waals surface area contributed by atoms with Crippen LogP contribution in [0.15, 0.2) is 78.9 Å². The lowest BCUT2D eigenvalue weighted by Crippen LogP contribution is -2.39. The topological polar surface area (TPSA) is 38.8 Å². The Morgan fingerprint density at radius 3 is 1.86 bits per heavy atom. The average molecular weight is 599 g/mol. The Labute approximate surface area is 256 Å². The summed E-state index contributed by atoms with van der Waals surface area (Å²) >= 11 is 0. The fourth-order valence-electron chi connectivity index (χ4n) is 5.74. The monoisotopic (exact) mass is 598 g/mol. The molecular formula is C34H45ClF2N4O. The van der Waals surface area contributed by atoms with Gasteiger partial charge < -0.3 is 20.0 Å². The van der Waals surface area contributed by atoms with Gasteiger partial charge in [0.1, 0.15) is 11.6 Å². The molecule has 1 amide bonds. The molecule has 1 N–H and O–H groups in total. The molecule has 0 bridgehead atoms. The van der Waals surface area contributed by atoms with Gasteiger partial charge in [-0.3, -0.25) is 4.79 Å². The van der Waals surface area contributed by atoms with E-state index in [0.717, 1.165) is 37.8 Å². The molecule has 2 heterocycles. The van der Waals surface area contributed by atoms with E-state index in [1.807, 2.05) is 37.4 Å². The smallest absolute Gasteiger partial charge is 0.227 e. The molecule has 0 unspecified atom stereocenters. The number of hydrogen-bond acceptors (Lipinski definition) is 4. The first-order chi connectivity index (χ1) is 19.9. The lowest BCUT2D eigenvalue weighted by molar-refractivity contribution is -0.131. The normalized spacial score (nSPS) is 16.7. The highest BCUT2D eigenvalue weighted by Gasteiger charge is 2.26. The zero-order valence-electron chi connectivity index (χ0n) is 24.9. The zero-order valence-corrected chi connectivity index (χ0v) is 25.7. The molecule has 8 heteroatoms. The molecule has 0 aliphatic carbocycles. The van der Waals surface area contributed by atoms with Crippen molar-refractivity contribution in [3.05, 3.63) is 107 Å². The van der Waals surface area contributed by atoms with Crippen LogP contribution in [-0.4, -0.2) is 74.0 Å². The number of amides is 1. The summed E-state index contributed by atoms with van der Waals surface area (Å²) in [6, 6.07) is 24.4. The molecule has 2 fully saturated rings. The van der Waals surface area contributed by atoms with Gasteiger partial charge >= 0.3 is 0 Å². The number of likely N-dealkylation sites (tertiary alicyclic amines) is 2. The summed E-state index contributed by atoms with van der Waals surface area (Å²) in [5.41, 5.74) is 2.68. The van der Waals surface area contributed by atoms with E-state index in [9.17, 15) is 13.6 Å². The van der Waals surface area contributed by atoms with Crippen molar-refractivity contribution in [2.75, 3.05) is 53.4 Å². The predicted octanol–water partition coefficient (Wildman–Crippen LogP) is 6.27. The molecule has 0 spiro atoms. The Kier molecular flexibility index (Phi) is 13.9. The van der Waals surface area contributed by atoms with Gasteiger partial charge in [0, 0.05) is 32.2 Å². The first-order valence-electron chi connectivity index (χ1n) is 14.9. The summed E-state index contributed by atoms with van der Waals surface area (Å²) < 4.78 is 27.0. The van der Waals surface area contributed by atoms with Crippen LogP contribution in [0.5, 0.6) is 0 Å². The first kappa shape index (κ1) is 33.7. The van der Waals surface area contributed by atoms with Crippen molar-refractivity contribution < 1.29 is 13.6 Å². The highest BCUT2D eigenvalue weighted by Crippen LogP contribution is 2.24. The van der Waals surface area contributed by atoms with Crippen LogP contribution in [0.1, 0.15) is 54.5 Å². The number of hydrogen-bond donors (Lipinski definition) is 1. The van der Waals surface area contributed by atoms with Crippen LogP contribution in [-0.2, 0) is 11.2 Å². The van der Waals surface area contributed by atoms with E-state index in [-0.39, 0.29) is 36.3 Å². The Morgan fingerprint density at radius 1 is 0.810 bits per heavy atom. The second kappa shape index (κ2) is 17.3. The molecule has 2 aliphatic rings. The van der Waals surface area contributed by atoms with E-state index in [1.165, 1.54) is 56.5 Å². The molecule has 42 heavy (non-hydrogen) atoms. The second-order valence-corrected chi connectivity index (χ2v) is 11.1. The maximum atomic E-state index is 13.9. The number of halogens is 3. The van der Waals surface area contributed by atoms with Gasteiger partial charge in [0.2, 0.25) is 5.91 Å². The molecular weight excluding hydrogens is 554 g/mol.